The van der Waals surface area contributed by atoms with Crippen molar-refractivity contribution in [2.24, 2.45) is 11.5 Å². The summed E-state index contributed by atoms with van der Waals surface area (Å²) in [7, 11) is 0. The molecule has 6 heterocycles. The lowest BCUT2D eigenvalue weighted by atomic mass is 10.0. The van der Waals surface area contributed by atoms with Crippen molar-refractivity contribution >= 4 is 99.5 Å². The molecule has 2 saturated heterocycles. The summed E-state index contributed by atoms with van der Waals surface area (Å²) >= 11 is 12.3. The van der Waals surface area contributed by atoms with Crippen LogP contribution in [0.5, 0.6) is 0 Å². The lowest BCUT2D eigenvalue weighted by Crippen LogP contribution is -2.61. The monoisotopic (exact) mass is 1390 g/mol. The van der Waals surface area contributed by atoms with Crippen LogP contribution in [-0.4, -0.2) is 169 Å². The molecule has 0 aliphatic carbocycles. The van der Waals surface area contributed by atoms with Crippen molar-refractivity contribution in [3.63, 3.8) is 0 Å². The number of aromatic amines is 1. The number of hydrogen-bond acceptors (Lipinski definition) is 15. The Bertz CT molecular complexity index is 3990. The summed E-state index contributed by atoms with van der Waals surface area (Å²) < 4.78 is 0. The number of nitrogens with zero attached hydrogens (tertiary/aromatic N) is 5. The Morgan fingerprint density at radius 2 is 1.10 bits per heavy atom. The predicted molar refractivity (Wildman–Crippen MR) is 367 cm³/mol. The van der Waals surface area contributed by atoms with Gasteiger partial charge in [0.25, 0.3) is 5.91 Å². The zero-order valence-corrected chi connectivity index (χ0v) is 55.6. The van der Waals surface area contributed by atoms with Gasteiger partial charge in [-0.1, -0.05) is 89.9 Å². The molecular weight excluding hydrogens is 1310 g/mol. The molecule has 1 radical (unpaired) electrons. The molecule has 2 aliphatic heterocycles. The number of unbranched alkanes of at least 4 members (excludes halogenated alkanes) is 1. The fourth-order valence-corrected chi connectivity index (χ4v) is 12.5. The van der Waals surface area contributed by atoms with Gasteiger partial charge >= 0.3 is 0 Å². The molecule has 9 rings (SSSR count). The number of rotatable bonds is 33. The molecule has 99 heavy (non-hydrogen) atoms. The van der Waals surface area contributed by atoms with E-state index in [1.54, 1.807) is 104 Å². The zero-order valence-electron chi connectivity index (χ0n) is 54.1. The number of fused-ring (bicyclic) bond motifs is 1. The molecule has 0 unspecified atom stereocenters. The van der Waals surface area contributed by atoms with Gasteiger partial charge in [-0.2, -0.15) is 0 Å². The van der Waals surface area contributed by atoms with E-state index in [4.69, 9.17) is 34.7 Å². The highest BCUT2D eigenvalue weighted by molar-refractivity contribution is 6.42. The highest BCUT2D eigenvalue weighted by Gasteiger charge is 2.43. The molecule has 4 aromatic heterocycles. The molecule has 7 aromatic rings. The molecule has 28 heteroatoms. The SMILES string of the molecule is NC(=O)C[C@H](N)C(=O)N[C@H](Cc1c[nH]c2ccccc12)C(=O)N[C@@H](Cc1ccccc1)C(=O)N[C@H](Cc1cccnc1)C(=O)N[C@H](CCCCNC(=O)c1cccnc1)C(=O)N1CCC[C@H]1C(=O)N[C@@H](Cc1cccnc1)C(=O)N1CCC[C@H]1C(=O)N[C@@H]([C]=O)Cc1ccc(Cl)c(Cl)c1. The number of likely N-dealkylation sites (tertiary alicyclic amines) is 2. The van der Waals surface area contributed by atoms with Gasteiger partial charge < -0.3 is 63.5 Å². The highest BCUT2D eigenvalue weighted by Crippen LogP contribution is 2.26. The number of nitrogens with two attached hydrogens (primary N) is 2. The molecule has 2 aliphatic rings. The summed E-state index contributed by atoms with van der Waals surface area (Å²) in [5.41, 5.74) is 15.4. The Labute approximate surface area is 581 Å². The number of aromatic nitrogens is 4. The molecule has 0 bridgehead atoms. The first kappa shape index (κ1) is 72.8. The van der Waals surface area contributed by atoms with Gasteiger partial charge in [0.15, 0.2) is 0 Å². The second kappa shape index (κ2) is 35.7. The summed E-state index contributed by atoms with van der Waals surface area (Å²) in [5.74, 6) is -7.10. The van der Waals surface area contributed by atoms with Gasteiger partial charge in [0.2, 0.25) is 59.5 Å². The third-order valence-corrected chi connectivity index (χ3v) is 18.0. The average Bonchev–Trinajstić information content (AvgIpc) is 1.91. The molecule has 0 saturated carbocycles. The summed E-state index contributed by atoms with van der Waals surface area (Å²) in [5, 5.41) is 21.0. The van der Waals surface area contributed by atoms with Crippen molar-refractivity contribution in [1.29, 1.82) is 0 Å². The molecular formula is C71H78Cl2N15O11. The quantitative estimate of drug-likeness (QED) is 0.0264. The van der Waals surface area contributed by atoms with Crippen molar-refractivity contribution in [1.82, 2.24) is 67.0 Å². The van der Waals surface area contributed by atoms with Crippen LogP contribution >= 0.6 is 23.2 Å². The maximum Gasteiger partial charge on any atom is 0.252 e. The van der Waals surface area contributed by atoms with Gasteiger partial charge in [0.05, 0.1) is 34.1 Å². The number of para-hydroxylation sites is 1. The molecule has 0 spiro atoms. The fraction of sp³-hybridized carbons (Fsp3) is 0.352. The fourth-order valence-electron chi connectivity index (χ4n) is 12.2. The Balaban J connectivity index is 0.962. The second-order valence-corrected chi connectivity index (χ2v) is 25.3. The number of hydrogen-bond donors (Lipinski definition) is 10. The molecule has 10 amide bonds. The molecule has 9 atom stereocenters. The highest BCUT2D eigenvalue weighted by atomic mass is 35.5. The third kappa shape index (κ3) is 20.6. The Morgan fingerprint density at radius 3 is 1.70 bits per heavy atom. The standard InChI is InChI=1S/C71H78Cl2N15O11/c72-51-24-23-44(32-52(51)73)31-49(42-89)81-68(96)60-21-11-30-88(60)71(99)59(35-46-16-9-26-77-39-46)86-69(97)61-22-12-29-87(61)70(98)55(20-6-7-28-79-63(91)47-17-10-27-78-40-47)82-65(93)57(34-45-15-8-25-76-38-45)85-66(94)56(33-43-13-2-1-3-14-43)84-67(95)58(83-64(92)53(74)37-62(75)90)36-48-41-80-54-19-5-4-18-50(48)54/h1-5,8-10,13-19,23-27,32,38-41,49,53,55-61,80H,6-7,11-12,20-22,28-31,33-37,74H2,(H2,75,90)(H,79,91)(H,81,96)(H,82,93)(H,83,92)(H,84,95)(H,85,94)(H,86,97)/t49-,53+,55-,56+,57-,58-,59+,60+,61+/m1/s1. The Morgan fingerprint density at radius 1 is 0.556 bits per heavy atom. The van der Waals surface area contributed by atoms with Gasteiger partial charge in [-0.25, -0.2) is 0 Å². The number of pyridine rings is 3. The van der Waals surface area contributed by atoms with E-state index in [-0.39, 0.29) is 88.4 Å². The summed E-state index contributed by atoms with van der Waals surface area (Å²) in [6.45, 7) is 0.375. The number of halogens is 2. The molecule has 26 nitrogen and oxygen atoms in total. The summed E-state index contributed by atoms with van der Waals surface area (Å²) in [4.78, 5) is 173. The van der Waals surface area contributed by atoms with Crippen LogP contribution in [0.3, 0.4) is 0 Å². The Hall–Kier alpha value is -10.4. The van der Waals surface area contributed by atoms with Gasteiger partial charge in [0.1, 0.15) is 42.3 Å². The van der Waals surface area contributed by atoms with E-state index < -0.39 is 114 Å². The van der Waals surface area contributed by atoms with Crippen LogP contribution in [-0.2, 0) is 80.0 Å². The van der Waals surface area contributed by atoms with Gasteiger partial charge in [-0.3, -0.25) is 67.7 Å². The van der Waals surface area contributed by atoms with Crippen molar-refractivity contribution < 1.29 is 52.7 Å². The van der Waals surface area contributed by atoms with E-state index in [0.29, 0.717) is 57.7 Å². The van der Waals surface area contributed by atoms with Crippen molar-refractivity contribution in [2.75, 3.05) is 19.6 Å². The third-order valence-electron chi connectivity index (χ3n) is 17.3. The van der Waals surface area contributed by atoms with Crippen LogP contribution in [0.4, 0.5) is 0 Å². The first-order valence-electron chi connectivity index (χ1n) is 32.7. The van der Waals surface area contributed by atoms with E-state index in [0.717, 1.165) is 10.9 Å². The number of H-pyrrole nitrogens is 1. The van der Waals surface area contributed by atoms with Crippen molar-refractivity contribution in [2.45, 2.75) is 138 Å². The molecule has 517 valence electrons. The first-order chi connectivity index (χ1) is 47.8. The van der Waals surface area contributed by atoms with Gasteiger partial charge in [0, 0.05) is 106 Å². The number of carbonyl (C=O) groups excluding carboxylic acids is 11. The molecule has 2 fully saturated rings. The van der Waals surface area contributed by atoms with E-state index >= 15 is 14.4 Å². The number of benzene rings is 3. The van der Waals surface area contributed by atoms with E-state index in [2.05, 4.69) is 57.2 Å². The molecule has 12 N–H and O–H groups in total. The van der Waals surface area contributed by atoms with Crippen molar-refractivity contribution in [3.8, 4) is 0 Å². The van der Waals surface area contributed by atoms with E-state index in [1.807, 2.05) is 30.6 Å². The normalized spacial score (nSPS) is 16.4. The largest absolute Gasteiger partial charge is 0.370 e. The number of primary amides is 1. The van der Waals surface area contributed by atoms with Gasteiger partial charge in [-0.15, -0.1) is 0 Å². The van der Waals surface area contributed by atoms with Crippen LogP contribution in [0, 0.1) is 0 Å². The average molecular weight is 1390 g/mol. The predicted octanol–water partition coefficient (Wildman–Crippen LogP) is 2.98. The van der Waals surface area contributed by atoms with Crippen LogP contribution in [0.2, 0.25) is 10.0 Å². The second-order valence-electron chi connectivity index (χ2n) is 24.5. The molecule has 3 aromatic carbocycles. The summed E-state index contributed by atoms with van der Waals surface area (Å²) in [6, 6.07) is 19.2. The van der Waals surface area contributed by atoms with Crippen molar-refractivity contribution in [3.05, 3.63) is 196 Å². The lowest BCUT2D eigenvalue weighted by Gasteiger charge is -2.32. The lowest BCUT2D eigenvalue weighted by molar-refractivity contribution is -0.144. The maximum absolute atomic E-state index is 15.4. The zero-order chi connectivity index (χ0) is 70.4. The minimum Gasteiger partial charge on any atom is -0.370 e. The topological polar surface area (TPSA) is 385 Å². The van der Waals surface area contributed by atoms with Crippen LogP contribution < -0.4 is 48.7 Å². The summed E-state index contributed by atoms with van der Waals surface area (Å²) in [6.07, 6.45) is 13.4. The smallest absolute Gasteiger partial charge is 0.252 e. The Kier molecular flexibility index (Phi) is 26.3. The first-order valence-corrected chi connectivity index (χ1v) is 33.4. The minimum atomic E-state index is -1.46. The number of amides is 10. The van der Waals surface area contributed by atoms with Crippen LogP contribution in [0.1, 0.15) is 89.5 Å². The van der Waals surface area contributed by atoms with E-state index in [1.165, 1.54) is 34.6 Å². The number of carbonyl (C=O) groups is 10. The van der Waals surface area contributed by atoms with E-state index in [9.17, 15) is 38.4 Å². The van der Waals surface area contributed by atoms with Crippen LogP contribution in [0.15, 0.2) is 153 Å². The maximum atomic E-state index is 15.4. The van der Waals surface area contributed by atoms with Crippen LogP contribution in [0.25, 0.3) is 10.9 Å². The number of nitrogens with one attached hydrogen (secondary N) is 8. The van der Waals surface area contributed by atoms with Gasteiger partial charge in [-0.05, 0) is 115 Å². The minimum absolute atomic E-state index is 0.0260.